The Morgan fingerprint density at radius 3 is 2.59 bits per heavy atom. The molecule has 1 aromatic heterocycles. The van der Waals surface area contributed by atoms with Crippen molar-refractivity contribution in [3.63, 3.8) is 0 Å². The molecule has 1 unspecified atom stereocenters. The zero-order valence-corrected chi connectivity index (χ0v) is 15.6. The molecule has 7 nitrogen and oxygen atoms in total. The lowest BCUT2D eigenvalue weighted by Crippen LogP contribution is -2.50. The molecule has 9 heteroatoms. The van der Waals surface area contributed by atoms with Gasteiger partial charge in [-0.1, -0.05) is 17.7 Å². The number of piperazine rings is 1. The van der Waals surface area contributed by atoms with Crippen LogP contribution in [0.1, 0.15) is 28.9 Å². The van der Waals surface area contributed by atoms with E-state index in [2.05, 4.69) is 10.00 Å². The zero-order chi connectivity index (χ0) is 19.6. The van der Waals surface area contributed by atoms with E-state index in [1.165, 1.54) is 23.1 Å². The second-order valence-corrected chi connectivity index (χ2v) is 6.90. The summed E-state index contributed by atoms with van der Waals surface area (Å²) in [5.74, 6) is -1.54. The zero-order valence-electron chi connectivity index (χ0n) is 14.8. The van der Waals surface area contributed by atoms with Gasteiger partial charge in [-0.3, -0.25) is 14.4 Å². The number of nitrogens with zero attached hydrogens (tertiary/aromatic N) is 4. The predicted octanol–water partition coefficient (Wildman–Crippen LogP) is 2.28. The molecule has 27 heavy (non-hydrogen) atoms. The van der Waals surface area contributed by atoms with Crippen molar-refractivity contribution in [2.75, 3.05) is 26.2 Å². The summed E-state index contributed by atoms with van der Waals surface area (Å²) in [7, 11) is 0. The maximum Gasteiger partial charge on any atom is 0.338 e. The fourth-order valence-corrected chi connectivity index (χ4v) is 3.29. The number of carboxylic acids is 1. The van der Waals surface area contributed by atoms with Gasteiger partial charge in [0.25, 0.3) is 0 Å². The van der Waals surface area contributed by atoms with E-state index in [1.54, 1.807) is 24.0 Å². The Hall–Kier alpha value is -2.45. The van der Waals surface area contributed by atoms with Crippen molar-refractivity contribution in [1.82, 2.24) is 19.6 Å². The lowest BCUT2D eigenvalue weighted by atomic mass is 10.1. The molecule has 0 aliphatic carbocycles. The van der Waals surface area contributed by atoms with Crippen LogP contribution in [0.25, 0.3) is 0 Å². The third-order valence-electron chi connectivity index (χ3n) is 4.73. The molecule has 1 aliphatic heterocycles. The van der Waals surface area contributed by atoms with Crippen molar-refractivity contribution in [3.05, 3.63) is 52.6 Å². The number of hydrogen-bond acceptors (Lipinski definition) is 4. The SMILES string of the molecule is CC(C(=O)N1CCN(Cc2c(F)cccc2Cl)CC1)n1cc(C(=O)O)cn1. The van der Waals surface area contributed by atoms with Gasteiger partial charge in [0.1, 0.15) is 11.9 Å². The van der Waals surface area contributed by atoms with Crippen LogP contribution in [0.5, 0.6) is 0 Å². The summed E-state index contributed by atoms with van der Waals surface area (Å²) in [6.45, 7) is 4.28. The van der Waals surface area contributed by atoms with Crippen LogP contribution < -0.4 is 0 Å². The first kappa shape index (κ1) is 19.3. The molecule has 144 valence electrons. The molecule has 0 bridgehead atoms. The van der Waals surface area contributed by atoms with Crippen LogP contribution in [0.15, 0.2) is 30.6 Å². The molecule has 1 N–H and O–H groups in total. The number of rotatable bonds is 5. The van der Waals surface area contributed by atoms with E-state index in [4.69, 9.17) is 16.7 Å². The molecule has 2 heterocycles. The Kier molecular flexibility index (Phi) is 5.76. The summed E-state index contributed by atoms with van der Waals surface area (Å²) in [6, 6.07) is 4.03. The van der Waals surface area contributed by atoms with Crippen molar-refractivity contribution in [2.24, 2.45) is 0 Å². The largest absolute Gasteiger partial charge is 0.478 e. The molecule has 1 fully saturated rings. The maximum absolute atomic E-state index is 13.9. The fourth-order valence-electron chi connectivity index (χ4n) is 3.07. The van der Waals surface area contributed by atoms with Crippen LogP contribution >= 0.6 is 11.6 Å². The first-order chi connectivity index (χ1) is 12.9. The average Bonchev–Trinajstić information content (AvgIpc) is 3.15. The molecule has 1 amide bonds. The molecular formula is C18H20ClFN4O3. The number of aromatic carboxylic acids is 1. The van der Waals surface area contributed by atoms with Crippen LogP contribution in [0.2, 0.25) is 5.02 Å². The quantitative estimate of drug-likeness (QED) is 0.841. The van der Waals surface area contributed by atoms with Gasteiger partial charge in [-0.2, -0.15) is 5.10 Å². The van der Waals surface area contributed by atoms with E-state index in [0.29, 0.717) is 43.3 Å². The third-order valence-corrected chi connectivity index (χ3v) is 5.08. The minimum atomic E-state index is -1.08. The molecular weight excluding hydrogens is 375 g/mol. The number of amides is 1. The third kappa shape index (κ3) is 4.28. The van der Waals surface area contributed by atoms with E-state index < -0.39 is 12.0 Å². The minimum Gasteiger partial charge on any atom is -0.478 e. The highest BCUT2D eigenvalue weighted by Crippen LogP contribution is 2.22. The molecule has 0 radical (unpaired) electrons. The summed E-state index contributed by atoms with van der Waals surface area (Å²) >= 11 is 6.08. The van der Waals surface area contributed by atoms with Gasteiger partial charge >= 0.3 is 5.97 Å². The highest BCUT2D eigenvalue weighted by Gasteiger charge is 2.27. The van der Waals surface area contributed by atoms with Crippen molar-refractivity contribution in [2.45, 2.75) is 19.5 Å². The molecule has 1 saturated heterocycles. The van der Waals surface area contributed by atoms with Gasteiger partial charge in [0, 0.05) is 49.5 Å². The topological polar surface area (TPSA) is 78.7 Å². The average molecular weight is 395 g/mol. The number of benzene rings is 1. The first-order valence-corrected chi connectivity index (χ1v) is 8.96. The fraction of sp³-hybridized carbons (Fsp3) is 0.389. The van der Waals surface area contributed by atoms with E-state index in [9.17, 15) is 14.0 Å². The smallest absolute Gasteiger partial charge is 0.338 e. The number of halogens is 2. The number of carbonyl (C=O) groups is 2. The van der Waals surface area contributed by atoms with E-state index in [0.717, 1.165) is 0 Å². The molecule has 1 aromatic carbocycles. The summed E-state index contributed by atoms with van der Waals surface area (Å²) in [5.41, 5.74) is 0.506. The van der Waals surface area contributed by atoms with Crippen molar-refractivity contribution < 1.29 is 19.1 Å². The van der Waals surface area contributed by atoms with Crippen molar-refractivity contribution in [3.8, 4) is 0 Å². The number of hydrogen-bond donors (Lipinski definition) is 1. The monoisotopic (exact) mass is 394 g/mol. The van der Waals surface area contributed by atoms with E-state index in [-0.39, 0.29) is 17.3 Å². The predicted molar refractivity (Wildman–Crippen MR) is 97.2 cm³/mol. The standard InChI is InChI=1S/C18H20ClFN4O3/c1-12(24-10-13(9-21-24)18(26)27)17(25)23-7-5-22(6-8-23)11-14-15(19)3-2-4-16(14)20/h2-4,9-10,12H,5-8,11H2,1H3,(H,26,27). The van der Waals surface area contributed by atoms with Crippen molar-refractivity contribution >= 4 is 23.5 Å². The summed E-state index contributed by atoms with van der Waals surface area (Å²) in [5, 5.41) is 13.3. The van der Waals surface area contributed by atoms with Gasteiger partial charge < -0.3 is 10.0 Å². The summed E-state index contributed by atoms with van der Waals surface area (Å²) in [6.07, 6.45) is 2.57. The summed E-state index contributed by atoms with van der Waals surface area (Å²) in [4.78, 5) is 27.4. The second-order valence-electron chi connectivity index (χ2n) is 6.49. The van der Waals surface area contributed by atoms with Gasteiger partial charge in [0.15, 0.2) is 0 Å². The maximum atomic E-state index is 13.9. The van der Waals surface area contributed by atoms with Gasteiger partial charge in [0.05, 0.1) is 11.8 Å². The Morgan fingerprint density at radius 2 is 2.00 bits per heavy atom. The summed E-state index contributed by atoms with van der Waals surface area (Å²) < 4.78 is 15.3. The van der Waals surface area contributed by atoms with Gasteiger partial charge in [-0.05, 0) is 19.1 Å². The Bertz CT molecular complexity index is 829. The van der Waals surface area contributed by atoms with Crippen LogP contribution in [-0.4, -0.2) is 62.7 Å². The second kappa shape index (κ2) is 8.06. The van der Waals surface area contributed by atoms with E-state index in [1.807, 2.05) is 0 Å². The van der Waals surface area contributed by atoms with Crippen LogP contribution in [-0.2, 0) is 11.3 Å². The minimum absolute atomic E-state index is 0.0428. The number of carbonyl (C=O) groups excluding carboxylic acids is 1. The molecule has 1 atom stereocenters. The number of aromatic nitrogens is 2. The Balaban J connectivity index is 1.58. The van der Waals surface area contributed by atoms with Crippen LogP contribution in [0.4, 0.5) is 4.39 Å². The van der Waals surface area contributed by atoms with Crippen LogP contribution in [0, 0.1) is 5.82 Å². The van der Waals surface area contributed by atoms with Gasteiger partial charge in [-0.25, -0.2) is 9.18 Å². The molecule has 3 rings (SSSR count). The lowest BCUT2D eigenvalue weighted by molar-refractivity contribution is -0.136. The molecule has 0 saturated carbocycles. The van der Waals surface area contributed by atoms with Crippen LogP contribution in [0.3, 0.4) is 0 Å². The van der Waals surface area contributed by atoms with Crippen molar-refractivity contribution in [1.29, 1.82) is 0 Å². The van der Waals surface area contributed by atoms with Gasteiger partial charge in [0.2, 0.25) is 5.91 Å². The highest BCUT2D eigenvalue weighted by molar-refractivity contribution is 6.31. The van der Waals surface area contributed by atoms with E-state index >= 15 is 0 Å². The Morgan fingerprint density at radius 1 is 1.30 bits per heavy atom. The molecule has 0 spiro atoms. The Labute approximate surface area is 160 Å². The molecule has 2 aromatic rings. The van der Waals surface area contributed by atoms with Gasteiger partial charge in [-0.15, -0.1) is 0 Å². The lowest BCUT2D eigenvalue weighted by Gasteiger charge is -2.36. The number of carboxylic acid groups (broad SMARTS) is 1. The normalized spacial score (nSPS) is 16.3. The highest BCUT2D eigenvalue weighted by atomic mass is 35.5. The molecule has 1 aliphatic rings. The first-order valence-electron chi connectivity index (χ1n) is 8.58.